The predicted octanol–water partition coefficient (Wildman–Crippen LogP) is 3.65. The predicted molar refractivity (Wildman–Crippen MR) is 74.5 cm³/mol. The Labute approximate surface area is 110 Å². The van der Waals surface area contributed by atoms with Gasteiger partial charge in [-0.2, -0.15) is 5.10 Å². The summed E-state index contributed by atoms with van der Waals surface area (Å²) in [6.07, 6.45) is 0. The quantitative estimate of drug-likeness (QED) is 0.918. The van der Waals surface area contributed by atoms with Gasteiger partial charge in [0, 0.05) is 10.5 Å². The van der Waals surface area contributed by atoms with Crippen LogP contribution in [-0.2, 0) is 0 Å². The molecule has 2 aromatic rings. The van der Waals surface area contributed by atoms with Crippen LogP contribution in [0.2, 0.25) is 0 Å². The third-order valence-electron chi connectivity index (χ3n) is 2.73. The van der Waals surface area contributed by atoms with Gasteiger partial charge in [-0.3, -0.25) is 0 Å². The molecular weight excluding hydrogens is 278 g/mol. The maximum Gasteiger partial charge on any atom is 0.127 e. The lowest BCUT2D eigenvalue weighted by Gasteiger charge is -2.08. The van der Waals surface area contributed by atoms with Gasteiger partial charge in [-0.25, -0.2) is 4.68 Å². The Balaban J connectivity index is 2.52. The molecule has 3 nitrogen and oxygen atoms in total. The molecule has 4 heteroatoms. The minimum Gasteiger partial charge on any atom is -0.384 e. The highest BCUT2D eigenvalue weighted by Crippen LogP contribution is 2.23. The molecule has 2 N–H and O–H groups in total. The molecular formula is C13H16BrN3. The topological polar surface area (TPSA) is 43.8 Å². The molecule has 17 heavy (non-hydrogen) atoms. The van der Waals surface area contributed by atoms with Gasteiger partial charge in [0.25, 0.3) is 0 Å². The number of benzene rings is 1. The molecule has 0 unspecified atom stereocenters. The molecule has 0 saturated heterocycles. The van der Waals surface area contributed by atoms with Crippen LogP contribution in [0.5, 0.6) is 0 Å². The number of rotatable bonds is 2. The van der Waals surface area contributed by atoms with Gasteiger partial charge in [0.15, 0.2) is 0 Å². The molecule has 0 atom stereocenters. The number of anilines is 1. The average molecular weight is 294 g/mol. The zero-order valence-corrected chi connectivity index (χ0v) is 11.8. The highest BCUT2D eigenvalue weighted by Gasteiger charge is 2.11. The smallest absolute Gasteiger partial charge is 0.127 e. The molecule has 0 saturated carbocycles. The summed E-state index contributed by atoms with van der Waals surface area (Å²) in [5.74, 6) is 1.06. The zero-order valence-electron chi connectivity index (χ0n) is 10.2. The number of hydrogen-bond acceptors (Lipinski definition) is 2. The summed E-state index contributed by atoms with van der Waals surface area (Å²) < 4.78 is 2.87. The van der Waals surface area contributed by atoms with Crippen molar-refractivity contribution in [1.82, 2.24) is 9.78 Å². The first kappa shape index (κ1) is 12.2. The fourth-order valence-electron chi connectivity index (χ4n) is 1.75. The molecule has 0 aliphatic heterocycles. The molecule has 2 rings (SSSR count). The Hall–Kier alpha value is -1.29. The summed E-state index contributed by atoms with van der Waals surface area (Å²) in [7, 11) is 0. The van der Waals surface area contributed by atoms with Gasteiger partial charge in [-0.05, 0) is 36.6 Å². The van der Waals surface area contributed by atoms with Gasteiger partial charge in [-0.15, -0.1) is 0 Å². The average Bonchev–Trinajstić information content (AvgIpc) is 2.61. The molecule has 0 bridgehead atoms. The SMILES string of the molecule is Cc1cc(Br)ccc1-n1nc(C(C)C)cc1N. The Morgan fingerprint density at radius 1 is 1.29 bits per heavy atom. The van der Waals surface area contributed by atoms with Crippen molar-refractivity contribution in [3.05, 3.63) is 40.0 Å². The molecule has 0 spiro atoms. The minimum atomic E-state index is 0.384. The highest BCUT2D eigenvalue weighted by atomic mass is 79.9. The lowest BCUT2D eigenvalue weighted by atomic mass is 10.1. The second-order valence-electron chi connectivity index (χ2n) is 4.49. The van der Waals surface area contributed by atoms with Crippen LogP contribution in [0.4, 0.5) is 5.82 Å². The Kier molecular flexibility index (Phi) is 3.24. The van der Waals surface area contributed by atoms with Gasteiger partial charge < -0.3 is 5.73 Å². The first-order valence-corrected chi connectivity index (χ1v) is 6.40. The number of aryl methyl sites for hydroxylation is 1. The van der Waals surface area contributed by atoms with E-state index < -0.39 is 0 Å². The van der Waals surface area contributed by atoms with Gasteiger partial charge in [0.2, 0.25) is 0 Å². The number of nitrogen functional groups attached to an aromatic ring is 1. The van der Waals surface area contributed by atoms with E-state index in [4.69, 9.17) is 5.73 Å². The van der Waals surface area contributed by atoms with E-state index in [1.54, 1.807) is 4.68 Å². The maximum atomic E-state index is 6.01. The zero-order chi connectivity index (χ0) is 12.6. The van der Waals surface area contributed by atoms with Crippen molar-refractivity contribution < 1.29 is 0 Å². The van der Waals surface area contributed by atoms with Crippen LogP contribution in [0.15, 0.2) is 28.7 Å². The van der Waals surface area contributed by atoms with Crippen LogP contribution in [0.25, 0.3) is 5.69 Å². The van der Waals surface area contributed by atoms with E-state index in [1.165, 1.54) is 0 Å². The number of aromatic nitrogens is 2. The van der Waals surface area contributed by atoms with E-state index in [1.807, 2.05) is 18.2 Å². The lowest BCUT2D eigenvalue weighted by molar-refractivity contribution is 0.769. The molecule has 0 radical (unpaired) electrons. The fraction of sp³-hybridized carbons (Fsp3) is 0.308. The first-order valence-electron chi connectivity index (χ1n) is 5.61. The van der Waals surface area contributed by atoms with Gasteiger partial charge >= 0.3 is 0 Å². The summed E-state index contributed by atoms with van der Waals surface area (Å²) >= 11 is 3.45. The molecule has 0 amide bonds. The molecule has 0 fully saturated rings. The van der Waals surface area contributed by atoms with Gasteiger partial charge in [0.05, 0.1) is 11.4 Å². The molecule has 1 heterocycles. The maximum absolute atomic E-state index is 6.01. The highest BCUT2D eigenvalue weighted by molar-refractivity contribution is 9.10. The van der Waals surface area contributed by atoms with Crippen molar-refractivity contribution in [2.45, 2.75) is 26.7 Å². The second-order valence-corrected chi connectivity index (χ2v) is 5.41. The number of nitrogens with zero attached hydrogens (tertiary/aromatic N) is 2. The van der Waals surface area contributed by atoms with Crippen molar-refractivity contribution in [2.24, 2.45) is 0 Å². The van der Waals surface area contributed by atoms with Crippen molar-refractivity contribution in [2.75, 3.05) is 5.73 Å². The van der Waals surface area contributed by atoms with E-state index in [2.05, 4.69) is 47.9 Å². The molecule has 0 aliphatic rings. The van der Waals surface area contributed by atoms with E-state index in [-0.39, 0.29) is 0 Å². The normalized spacial score (nSPS) is 11.1. The van der Waals surface area contributed by atoms with Crippen LogP contribution in [0.3, 0.4) is 0 Å². The number of hydrogen-bond donors (Lipinski definition) is 1. The molecule has 90 valence electrons. The number of halogens is 1. The Morgan fingerprint density at radius 3 is 2.53 bits per heavy atom. The van der Waals surface area contributed by atoms with Crippen LogP contribution in [0.1, 0.15) is 31.0 Å². The van der Waals surface area contributed by atoms with Crippen molar-refractivity contribution in [3.8, 4) is 5.69 Å². The molecule has 1 aromatic carbocycles. The largest absolute Gasteiger partial charge is 0.384 e. The van der Waals surface area contributed by atoms with Gasteiger partial charge in [0.1, 0.15) is 5.82 Å². The monoisotopic (exact) mass is 293 g/mol. The van der Waals surface area contributed by atoms with Crippen LogP contribution in [0, 0.1) is 6.92 Å². The summed E-state index contributed by atoms with van der Waals surface area (Å²) in [4.78, 5) is 0. The van der Waals surface area contributed by atoms with Crippen LogP contribution >= 0.6 is 15.9 Å². The summed E-state index contributed by atoms with van der Waals surface area (Å²) in [6.45, 7) is 6.28. The summed E-state index contributed by atoms with van der Waals surface area (Å²) in [6, 6.07) is 8.02. The van der Waals surface area contributed by atoms with E-state index in [0.717, 1.165) is 21.4 Å². The van der Waals surface area contributed by atoms with E-state index in [0.29, 0.717) is 11.7 Å². The van der Waals surface area contributed by atoms with E-state index >= 15 is 0 Å². The standard InChI is InChI=1S/C13H16BrN3/c1-8(2)11-7-13(15)17(16-11)12-5-4-10(14)6-9(12)3/h4-8H,15H2,1-3H3. The third kappa shape index (κ3) is 2.36. The number of nitrogens with two attached hydrogens (primary N) is 1. The summed E-state index contributed by atoms with van der Waals surface area (Å²) in [5, 5.41) is 4.55. The lowest BCUT2D eigenvalue weighted by Crippen LogP contribution is -2.04. The Morgan fingerprint density at radius 2 is 2.00 bits per heavy atom. The summed E-state index contributed by atoms with van der Waals surface area (Å²) in [5.41, 5.74) is 9.19. The minimum absolute atomic E-state index is 0.384. The third-order valence-corrected chi connectivity index (χ3v) is 3.23. The van der Waals surface area contributed by atoms with Crippen molar-refractivity contribution in [3.63, 3.8) is 0 Å². The molecule has 1 aromatic heterocycles. The fourth-order valence-corrected chi connectivity index (χ4v) is 2.22. The molecule has 0 aliphatic carbocycles. The van der Waals surface area contributed by atoms with Crippen molar-refractivity contribution >= 4 is 21.7 Å². The Bertz CT molecular complexity index is 544. The van der Waals surface area contributed by atoms with E-state index in [9.17, 15) is 0 Å². The first-order chi connectivity index (χ1) is 7.99. The van der Waals surface area contributed by atoms with Gasteiger partial charge in [-0.1, -0.05) is 29.8 Å². The second kappa shape index (κ2) is 4.53. The van der Waals surface area contributed by atoms with Crippen LogP contribution < -0.4 is 5.73 Å². The van der Waals surface area contributed by atoms with Crippen LogP contribution in [-0.4, -0.2) is 9.78 Å². The van der Waals surface area contributed by atoms with Crippen molar-refractivity contribution in [1.29, 1.82) is 0 Å².